The summed E-state index contributed by atoms with van der Waals surface area (Å²) in [5.74, 6) is 0.0390. The number of piperazine rings is 1. The fourth-order valence-electron chi connectivity index (χ4n) is 2.65. The van der Waals surface area contributed by atoms with Gasteiger partial charge in [0.15, 0.2) is 0 Å². The van der Waals surface area contributed by atoms with Crippen LogP contribution in [0.25, 0.3) is 0 Å². The minimum Gasteiger partial charge on any atom is -0.329 e. The summed E-state index contributed by atoms with van der Waals surface area (Å²) in [6, 6.07) is 5.68. The molecule has 1 aromatic rings. The largest absolute Gasteiger partial charge is 0.329 e. The van der Waals surface area contributed by atoms with E-state index < -0.39 is 6.04 Å². The van der Waals surface area contributed by atoms with Crippen LogP contribution in [0.2, 0.25) is 0 Å². The molecule has 0 radical (unpaired) electrons. The zero-order valence-corrected chi connectivity index (χ0v) is 13.4. The summed E-state index contributed by atoms with van der Waals surface area (Å²) in [7, 11) is 0. The summed E-state index contributed by atoms with van der Waals surface area (Å²) < 4.78 is 13.2. The molecule has 2 rings (SSSR count). The Bertz CT molecular complexity index is 559. The lowest BCUT2D eigenvalue weighted by atomic mass is 10.1. The van der Waals surface area contributed by atoms with Gasteiger partial charge in [-0.1, -0.05) is 26.0 Å². The standard InChI is InChI=1S/C17H23FN2O2/c1-12(2)7-8-20-13(3)17(22)19(11-16(20)21)10-14-5-4-6-15(18)9-14/h4-6,9,12-13H,7-8,10-11H2,1-3H3/t13-/m0/s1. The van der Waals surface area contributed by atoms with E-state index in [4.69, 9.17) is 0 Å². The smallest absolute Gasteiger partial charge is 0.245 e. The zero-order valence-electron chi connectivity index (χ0n) is 13.4. The summed E-state index contributed by atoms with van der Waals surface area (Å²) in [5.41, 5.74) is 0.698. The molecule has 0 bridgehead atoms. The first kappa shape index (κ1) is 16.5. The number of hydrogen-bond donors (Lipinski definition) is 0. The molecule has 0 aliphatic carbocycles. The molecule has 0 unspecified atom stereocenters. The first-order valence-corrected chi connectivity index (χ1v) is 7.71. The van der Waals surface area contributed by atoms with E-state index in [2.05, 4.69) is 13.8 Å². The Morgan fingerprint density at radius 2 is 2.05 bits per heavy atom. The minimum atomic E-state index is -0.450. The molecule has 1 aliphatic rings. The number of nitrogens with zero attached hydrogens (tertiary/aromatic N) is 2. The molecule has 5 heteroatoms. The molecule has 1 fully saturated rings. The predicted octanol–water partition coefficient (Wildman–Crippen LogP) is 2.43. The van der Waals surface area contributed by atoms with Gasteiger partial charge < -0.3 is 9.80 Å². The Kier molecular flexibility index (Phi) is 5.16. The second-order valence-corrected chi connectivity index (χ2v) is 6.27. The summed E-state index contributed by atoms with van der Waals surface area (Å²) in [4.78, 5) is 27.9. The van der Waals surface area contributed by atoms with Crippen molar-refractivity contribution in [3.63, 3.8) is 0 Å². The van der Waals surface area contributed by atoms with Crippen LogP contribution in [-0.4, -0.2) is 40.7 Å². The van der Waals surface area contributed by atoms with Gasteiger partial charge in [-0.3, -0.25) is 9.59 Å². The molecule has 120 valence electrons. The van der Waals surface area contributed by atoms with Gasteiger partial charge in [-0.15, -0.1) is 0 Å². The Balaban J connectivity index is 2.05. The number of hydrogen-bond acceptors (Lipinski definition) is 2. The second-order valence-electron chi connectivity index (χ2n) is 6.27. The average molecular weight is 306 g/mol. The molecular weight excluding hydrogens is 283 g/mol. The normalized spacial score (nSPS) is 19.2. The zero-order chi connectivity index (χ0) is 16.3. The third kappa shape index (κ3) is 3.84. The monoisotopic (exact) mass is 306 g/mol. The number of rotatable bonds is 5. The van der Waals surface area contributed by atoms with E-state index in [1.807, 2.05) is 0 Å². The molecule has 0 spiro atoms. The fourth-order valence-corrected chi connectivity index (χ4v) is 2.65. The third-order valence-electron chi connectivity index (χ3n) is 3.99. The van der Waals surface area contributed by atoms with Crippen molar-refractivity contribution in [3.8, 4) is 0 Å². The number of benzene rings is 1. The van der Waals surface area contributed by atoms with Gasteiger partial charge in [-0.25, -0.2) is 4.39 Å². The topological polar surface area (TPSA) is 40.6 Å². The van der Waals surface area contributed by atoms with E-state index >= 15 is 0 Å². The van der Waals surface area contributed by atoms with Crippen LogP contribution in [0.5, 0.6) is 0 Å². The van der Waals surface area contributed by atoms with Crippen molar-refractivity contribution in [2.24, 2.45) is 5.92 Å². The van der Waals surface area contributed by atoms with Crippen LogP contribution in [0.15, 0.2) is 24.3 Å². The van der Waals surface area contributed by atoms with Crippen molar-refractivity contribution >= 4 is 11.8 Å². The number of carbonyl (C=O) groups is 2. The first-order chi connectivity index (χ1) is 10.4. The van der Waals surface area contributed by atoms with E-state index in [0.717, 1.165) is 6.42 Å². The van der Waals surface area contributed by atoms with Crippen molar-refractivity contribution in [1.82, 2.24) is 9.80 Å². The first-order valence-electron chi connectivity index (χ1n) is 7.71. The number of amides is 2. The molecule has 2 amide bonds. The molecule has 0 N–H and O–H groups in total. The van der Waals surface area contributed by atoms with Crippen LogP contribution in [0.4, 0.5) is 4.39 Å². The third-order valence-corrected chi connectivity index (χ3v) is 3.99. The van der Waals surface area contributed by atoms with E-state index in [1.54, 1.807) is 24.0 Å². The molecule has 4 nitrogen and oxygen atoms in total. The average Bonchev–Trinajstić information content (AvgIpc) is 2.44. The molecule has 0 aromatic heterocycles. The van der Waals surface area contributed by atoms with Crippen LogP contribution in [0.1, 0.15) is 32.8 Å². The molecule has 1 heterocycles. The summed E-state index contributed by atoms with van der Waals surface area (Å²) in [5, 5.41) is 0. The van der Waals surface area contributed by atoms with Crippen molar-refractivity contribution < 1.29 is 14.0 Å². The van der Waals surface area contributed by atoms with Gasteiger partial charge in [0.1, 0.15) is 18.4 Å². The molecule has 1 aromatic carbocycles. The minimum absolute atomic E-state index is 0.0378. The van der Waals surface area contributed by atoms with Crippen LogP contribution >= 0.6 is 0 Å². The van der Waals surface area contributed by atoms with Gasteiger partial charge in [-0.05, 0) is 37.0 Å². The highest BCUT2D eigenvalue weighted by Gasteiger charge is 2.36. The highest BCUT2D eigenvalue weighted by Crippen LogP contribution is 2.17. The van der Waals surface area contributed by atoms with E-state index in [0.29, 0.717) is 18.0 Å². The Hall–Kier alpha value is -1.91. The van der Waals surface area contributed by atoms with E-state index in [9.17, 15) is 14.0 Å². The molecule has 1 aliphatic heterocycles. The van der Waals surface area contributed by atoms with Gasteiger partial charge in [0.2, 0.25) is 11.8 Å². The van der Waals surface area contributed by atoms with Gasteiger partial charge in [0.05, 0.1) is 0 Å². The Labute approximate surface area is 130 Å². The lowest BCUT2D eigenvalue weighted by Crippen LogP contribution is -2.58. The maximum absolute atomic E-state index is 13.2. The summed E-state index contributed by atoms with van der Waals surface area (Å²) in [6.45, 7) is 6.90. The highest BCUT2D eigenvalue weighted by atomic mass is 19.1. The van der Waals surface area contributed by atoms with E-state index in [-0.39, 0.29) is 30.7 Å². The maximum atomic E-state index is 13.2. The predicted molar refractivity (Wildman–Crippen MR) is 82.4 cm³/mol. The van der Waals surface area contributed by atoms with Crippen molar-refractivity contribution in [3.05, 3.63) is 35.6 Å². The summed E-state index contributed by atoms with van der Waals surface area (Å²) in [6.07, 6.45) is 0.882. The highest BCUT2D eigenvalue weighted by molar-refractivity contribution is 5.94. The number of halogens is 1. The maximum Gasteiger partial charge on any atom is 0.245 e. The lowest BCUT2D eigenvalue weighted by Gasteiger charge is -2.39. The Morgan fingerprint density at radius 1 is 1.32 bits per heavy atom. The van der Waals surface area contributed by atoms with Crippen LogP contribution in [0.3, 0.4) is 0 Å². The van der Waals surface area contributed by atoms with Gasteiger partial charge >= 0.3 is 0 Å². The SMILES string of the molecule is CC(C)CCN1C(=O)CN(Cc2cccc(F)c2)C(=O)[C@@H]1C. The van der Waals surface area contributed by atoms with Gasteiger partial charge in [-0.2, -0.15) is 0 Å². The molecule has 1 atom stereocenters. The lowest BCUT2D eigenvalue weighted by molar-refractivity contribution is -0.155. The van der Waals surface area contributed by atoms with Gasteiger partial charge in [0, 0.05) is 13.1 Å². The molecular formula is C17H23FN2O2. The van der Waals surface area contributed by atoms with Crippen LogP contribution in [0, 0.1) is 11.7 Å². The van der Waals surface area contributed by atoms with E-state index in [1.165, 1.54) is 17.0 Å². The quantitative estimate of drug-likeness (QED) is 0.838. The fraction of sp³-hybridized carbons (Fsp3) is 0.529. The summed E-state index contributed by atoms with van der Waals surface area (Å²) >= 11 is 0. The molecule has 22 heavy (non-hydrogen) atoms. The van der Waals surface area contributed by atoms with Gasteiger partial charge in [0.25, 0.3) is 0 Å². The van der Waals surface area contributed by atoms with Crippen molar-refractivity contribution in [1.29, 1.82) is 0 Å². The molecule has 0 saturated carbocycles. The van der Waals surface area contributed by atoms with Crippen LogP contribution in [-0.2, 0) is 16.1 Å². The van der Waals surface area contributed by atoms with Crippen molar-refractivity contribution in [2.75, 3.05) is 13.1 Å². The van der Waals surface area contributed by atoms with Crippen molar-refractivity contribution in [2.45, 2.75) is 39.8 Å². The molecule has 1 saturated heterocycles. The second kappa shape index (κ2) is 6.90. The van der Waals surface area contributed by atoms with Crippen LogP contribution < -0.4 is 0 Å². The Morgan fingerprint density at radius 3 is 2.68 bits per heavy atom. The number of carbonyl (C=O) groups excluding carboxylic acids is 2.